The average molecular weight is 162 g/mol. The van der Waals surface area contributed by atoms with Gasteiger partial charge in [-0.3, -0.25) is 4.79 Å². The van der Waals surface area contributed by atoms with Crippen LogP contribution in [0.25, 0.3) is 0 Å². The second kappa shape index (κ2) is 6.09. The lowest BCUT2D eigenvalue weighted by Crippen LogP contribution is -2.40. The van der Waals surface area contributed by atoms with E-state index in [2.05, 4.69) is 10.2 Å². The highest BCUT2D eigenvalue weighted by atomic mass is 16.6. The van der Waals surface area contributed by atoms with E-state index in [1.165, 1.54) is 0 Å². The molecule has 0 saturated heterocycles. The van der Waals surface area contributed by atoms with Crippen molar-refractivity contribution in [2.45, 2.75) is 13.0 Å². The normalized spacial score (nSPS) is 12.6. The third-order valence-corrected chi connectivity index (χ3v) is 1.18. The molecule has 0 fully saturated rings. The van der Waals surface area contributed by atoms with Crippen molar-refractivity contribution in [3.05, 3.63) is 0 Å². The molecular weight excluding hydrogens is 148 g/mol. The molecule has 0 aromatic rings. The predicted molar refractivity (Wildman–Crippen MR) is 39.6 cm³/mol. The highest BCUT2D eigenvalue weighted by Gasteiger charge is 2.16. The summed E-state index contributed by atoms with van der Waals surface area (Å²) in [4.78, 5) is 15.2. The molecule has 0 aromatic heterocycles. The van der Waals surface area contributed by atoms with Crippen LogP contribution in [0.1, 0.15) is 6.92 Å². The van der Waals surface area contributed by atoms with E-state index in [0.29, 0.717) is 6.61 Å². The van der Waals surface area contributed by atoms with Crippen LogP contribution in [-0.4, -0.2) is 32.3 Å². The van der Waals surface area contributed by atoms with Crippen LogP contribution in [0.5, 0.6) is 0 Å². The molecule has 0 aliphatic rings. The molecule has 3 N–H and O–H groups in total. The van der Waals surface area contributed by atoms with Gasteiger partial charge in [-0.2, -0.15) is 0 Å². The van der Waals surface area contributed by atoms with Crippen LogP contribution in [0.15, 0.2) is 0 Å². The topological polar surface area (TPSA) is 73.6 Å². The Labute approximate surface area is 65.8 Å². The van der Waals surface area contributed by atoms with E-state index in [0.717, 1.165) is 0 Å². The molecule has 0 aliphatic heterocycles. The van der Waals surface area contributed by atoms with Gasteiger partial charge in [0.2, 0.25) is 0 Å². The van der Waals surface area contributed by atoms with Gasteiger partial charge in [-0.1, -0.05) is 0 Å². The maximum Gasteiger partial charge on any atom is 0.325 e. The zero-order chi connectivity index (χ0) is 8.69. The Morgan fingerprint density at radius 3 is 2.73 bits per heavy atom. The maximum atomic E-state index is 10.9. The molecule has 0 aromatic carbocycles. The van der Waals surface area contributed by atoms with Gasteiger partial charge in [-0.05, 0) is 14.0 Å². The molecule has 0 bridgehead atoms. The number of rotatable bonds is 5. The molecule has 0 unspecified atom stereocenters. The number of nitrogens with one attached hydrogen (secondary N) is 1. The van der Waals surface area contributed by atoms with Crippen molar-refractivity contribution in [1.29, 1.82) is 0 Å². The summed E-state index contributed by atoms with van der Waals surface area (Å²) in [6.07, 6.45) is 0. The van der Waals surface area contributed by atoms with Crippen LogP contribution >= 0.6 is 0 Å². The molecule has 0 rings (SSSR count). The molecule has 0 heterocycles. The Morgan fingerprint density at radius 2 is 2.36 bits per heavy atom. The van der Waals surface area contributed by atoms with Crippen molar-refractivity contribution >= 4 is 5.97 Å². The van der Waals surface area contributed by atoms with Crippen molar-refractivity contribution in [3.8, 4) is 0 Å². The zero-order valence-electron chi connectivity index (χ0n) is 6.79. The van der Waals surface area contributed by atoms with Gasteiger partial charge in [0.05, 0.1) is 13.2 Å². The van der Waals surface area contributed by atoms with E-state index in [9.17, 15) is 4.79 Å². The highest BCUT2D eigenvalue weighted by Crippen LogP contribution is 1.87. The van der Waals surface area contributed by atoms with Crippen molar-refractivity contribution in [2.75, 3.05) is 20.3 Å². The van der Waals surface area contributed by atoms with Gasteiger partial charge in [0, 0.05) is 0 Å². The van der Waals surface area contributed by atoms with Crippen LogP contribution in [0, 0.1) is 0 Å². The second-order valence-corrected chi connectivity index (χ2v) is 1.93. The third-order valence-electron chi connectivity index (χ3n) is 1.18. The van der Waals surface area contributed by atoms with Gasteiger partial charge in [0.15, 0.2) is 0 Å². The number of likely N-dealkylation sites (N-methyl/N-ethyl adjacent to an activating group) is 1. The molecule has 0 spiro atoms. The summed E-state index contributed by atoms with van der Waals surface area (Å²) in [5.74, 6) is 4.44. The molecule has 0 saturated carbocycles. The molecule has 1 atom stereocenters. The van der Waals surface area contributed by atoms with Gasteiger partial charge in [-0.15, -0.1) is 0 Å². The molecule has 5 heteroatoms. The monoisotopic (exact) mass is 162 g/mol. The number of hydrogen-bond donors (Lipinski definition) is 2. The van der Waals surface area contributed by atoms with Gasteiger partial charge < -0.3 is 14.9 Å². The van der Waals surface area contributed by atoms with Crippen LogP contribution in [0.2, 0.25) is 0 Å². The lowest BCUT2D eigenvalue weighted by atomic mass is 10.3. The molecule has 11 heavy (non-hydrogen) atoms. The lowest BCUT2D eigenvalue weighted by Gasteiger charge is -2.12. The molecular formula is C6H14N2O3. The minimum absolute atomic E-state index is 0.120. The minimum Gasteiger partial charge on any atom is -0.465 e. The summed E-state index contributed by atoms with van der Waals surface area (Å²) in [7, 11) is 1.64. The van der Waals surface area contributed by atoms with Crippen molar-refractivity contribution in [3.63, 3.8) is 0 Å². The van der Waals surface area contributed by atoms with Crippen LogP contribution in [0.4, 0.5) is 0 Å². The second-order valence-electron chi connectivity index (χ2n) is 1.93. The summed E-state index contributed by atoms with van der Waals surface area (Å²) < 4.78 is 4.71. The van der Waals surface area contributed by atoms with Gasteiger partial charge in [0.25, 0.3) is 0 Å². The summed E-state index contributed by atoms with van der Waals surface area (Å²) in [6, 6.07) is -0.472. The molecule has 0 radical (unpaired) electrons. The van der Waals surface area contributed by atoms with Gasteiger partial charge in [0.1, 0.15) is 6.04 Å². The highest BCUT2D eigenvalue weighted by molar-refractivity contribution is 5.75. The number of carbonyl (C=O) groups excluding carboxylic acids is 1. The smallest absolute Gasteiger partial charge is 0.325 e. The number of carbonyl (C=O) groups is 1. The Kier molecular flexibility index (Phi) is 5.73. The Morgan fingerprint density at radius 1 is 1.73 bits per heavy atom. The van der Waals surface area contributed by atoms with E-state index in [4.69, 9.17) is 10.6 Å². The number of nitrogens with two attached hydrogens (primary N) is 1. The molecule has 0 amide bonds. The standard InChI is InChI=1S/C6H14N2O3/c1-3-10-6(9)5(8-2)4-11-7/h5,8H,3-4,7H2,1-2H3/t5-/m0/s1. The first-order valence-electron chi connectivity index (χ1n) is 3.41. The minimum atomic E-state index is -0.472. The first-order chi connectivity index (χ1) is 5.26. The Hall–Kier alpha value is -0.650. The van der Waals surface area contributed by atoms with Crippen LogP contribution < -0.4 is 11.2 Å². The lowest BCUT2D eigenvalue weighted by molar-refractivity contribution is -0.147. The molecule has 0 aliphatic carbocycles. The van der Waals surface area contributed by atoms with Crippen LogP contribution in [0.3, 0.4) is 0 Å². The number of esters is 1. The third kappa shape index (κ3) is 3.92. The zero-order valence-corrected chi connectivity index (χ0v) is 6.79. The number of ether oxygens (including phenoxy) is 1. The van der Waals surface area contributed by atoms with E-state index >= 15 is 0 Å². The van der Waals surface area contributed by atoms with Gasteiger partial charge >= 0.3 is 5.97 Å². The fourth-order valence-corrected chi connectivity index (χ4v) is 0.608. The summed E-state index contributed by atoms with van der Waals surface area (Å²) in [6.45, 7) is 2.23. The van der Waals surface area contributed by atoms with E-state index in [-0.39, 0.29) is 12.6 Å². The van der Waals surface area contributed by atoms with E-state index in [1.807, 2.05) is 0 Å². The van der Waals surface area contributed by atoms with Crippen molar-refractivity contribution < 1.29 is 14.4 Å². The Balaban J connectivity index is 3.71. The van der Waals surface area contributed by atoms with Crippen molar-refractivity contribution in [2.24, 2.45) is 5.90 Å². The summed E-state index contributed by atoms with van der Waals surface area (Å²) >= 11 is 0. The number of hydrogen-bond acceptors (Lipinski definition) is 5. The summed E-state index contributed by atoms with van der Waals surface area (Å²) in [5.41, 5.74) is 0. The summed E-state index contributed by atoms with van der Waals surface area (Å²) in [5, 5.41) is 2.71. The van der Waals surface area contributed by atoms with E-state index < -0.39 is 6.04 Å². The molecule has 5 nitrogen and oxygen atoms in total. The van der Waals surface area contributed by atoms with Crippen molar-refractivity contribution in [1.82, 2.24) is 5.32 Å². The fraction of sp³-hybridized carbons (Fsp3) is 0.833. The Bertz CT molecular complexity index is 118. The van der Waals surface area contributed by atoms with Crippen LogP contribution in [-0.2, 0) is 14.4 Å². The fourth-order valence-electron chi connectivity index (χ4n) is 0.608. The SMILES string of the molecule is CCOC(=O)[C@H](CON)NC. The predicted octanol–water partition coefficient (Wildman–Crippen LogP) is -0.972. The first kappa shape index (κ1) is 10.3. The average Bonchev–Trinajstić information content (AvgIpc) is 2.00. The first-order valence-corrected chi connectivity index (χ1v) is 3.41. The largest absolute Gasteiger partial charge is 0.465 e. The van der Waals surface area contributed by atoms with E-state index in [1.54, 1.807) is 14.0 Å². The maximum absolute atomic E-state index is 10.9. The van der Waals surface area contributed by atoms with Gasteiger partial charge in [-0.25, -0.2) is 5.90 Å². The quantitative estimate of drug-likeness (QED) is 0.402. The molecule has 66 valence electrons.